The molecule has 1 aromatic carbocycles. The molecule has 2 nitrogen and oxygen atoms in total. The van der Waals surface area contributed by atoms with Crippen LogP contribution >= 0.6 is 39.5 Å². The van der Waals surface area contributed by atoms with Crippen molar-refractivity contribution in [1.82, 2.24) is 0 Å². The van der Waals surface area contributed by atoms with Gasteiger partial charge in [0.05, 0.1) is 0 Å². The van der Waals surface area contributed by atoms with Crippen LogP contribution in [0.2, 0.25) is 0 Å². The fraction of sp³-hybridized carbons (Fsp3) is 0.231. The van der Waals surface area contributed by atoms with E-state index in [1.807, 2.05) is 30.3 Å². The van der Waals surface area contributed by atoms with E-state index in [-0.39, 0.29) is 5.12 Å². The first-order valence-corrected chi connectivity index (χ1v) is 8.20. The molecule has 0 bridgehead atoms. The van der Waals surface area contributed by atoms with Crippen molar-refractivity contribution in [2.24, 2.45) is 4.99 Å². The van der Waals surface area contributed by atoms with Crippen LogP contribution in [-0.4, -0.2) is 15.2 Å². The Balaban J connectivity index is 2.20. The largest absolute Gasteiger partial charge is 0.279 e. The van der Waals surface area contributed by atoms with E-state index in [0.29, 0.717) is 5.70 Å². The van der Waals surface area contributed by atoms with Crippen molar-refractivity contribution in [2.45, 2.75) is 13.3 Å². The van der Waals surface area contributed by atoms with Gasteiger partial charge in [0.1, 0.15) is 10.1 Å². The first-order chi connectivity index (χ1) is 8.70. The molecule has 0 amide bonds. The number of carbonyl (C=O) groups is 1. The highest BCUT2D eigenvalue weighted by Gasteiger charge is 2.22. The molecule has 0 fully saturated rings. The summed E-state index contributed by atoms with van der Waals surface area (Å²) in [5, 5.41) is 0.0318. The van der Waals surface area contributed by atoms with E-state index in [1.165, 1.54) is 11.8 Å². The average Bonchev–Trinajstić information content (AvgIpc) is 2.70. The number of thioether (sulfide) groups is 2. The molecule has 0 N–H and O–H groups in total. The number of halogens is 1. The molecule has 0 atom stereocenters. The van der Waals surface area contributed by atoms with Crippen molar-refractivity contribution in [3.8, 4) is 0 Å². The molecule has 0 saturated heterocycles. The molecule has 0 spiro atoms. The molecule has 0 saturated carbocycles. The number of benzene rings is 1. The molecule has 94 valence electrons. The van der Waals surface area contributed by atoms with Crippen molar-refractivity contribution in [3.63, 3.8) is 0 Å². The molecule has 1 aliphatic rings. The van der Waals surface area contributed by atoms with Crippen molar-refractivity contribution in [1.29, 1.82) is 0 Å². The molecule has 2 rings (SSSR count). The highest BCUT2D eigenvalue weighted by Crippen LogP contribution is 2.32. The molecule has 1 aliphatic heterocycles. The third-order valence-electron chi connectivity index (χ3n) is 2.23. The quantitative estimate of drug-likeness (QED) is 0.754. The van der Waals surface area contributed by atoms with Gasteiger partial charge in [0.15, 0.2) is 0 Å². The lowest BCUT2D eigenvalue weighted by Crippen LogP contribution is -1.88. The molecule has 18 heavy (non-hydrogen) atoms. The monoisotopic (exact) mass is 341 g/mol. The molecule has 0 aliphatic carbocycles. The summed E-state index contributed by atoms with van der Waals surface area (Å²) < 4.78 is 1.83. The zero-order valence-electron chi connectivity index (χ0n) is 9.85. The van der Waals surface area contributed by atoms with E-state index in [1.54, 1.807) is 11.8 Å². The van der Waals surface area contributed by atoms with Gasteiger partial charge in [-0.15, -0.1) is 0 Å². The van der Waals surface area contributed by atoms with Crippen LogP contribution in [0.4, 0.5) is 0 Å². The van der Waals surface area contributed by atoms with E-state index < -0.39 is 0 Å². The Morgan fingerprint density at radius 2 is 2.22 bits per heavy atom. The van der Waals surface area contributed by atoms with Crippen molar-refractivity contribution in [3.05, 3.63) is 40.0 Å². The summed E-state index contributed by atoms with van der Waals surface area (Å²) in [6.45, 7) is 2.12. The molecule has 1 heterocycles. The molecular formula is C13H12BrNOS2. The van der Waals surface area contributed by atoms with Gasteiger partial charge in [-0.05, 0) is 41.6 Å². The maximum absolute atomic E-state index is 11.8. The topological polar surface area (TPSA) is 29.4 Å². The molecule has 1 aromatic rings. The highest BCUT2D eigenvalue weighted by atomic mass is 79.9. The van der Waals surface area contributed by atoms with Crippen LogP contribution in [0.3, 0.4) is 0 Å². The fourth-order valence-electron chi connectivity index (χ4n) is 1.38. The van der Waals surface area contributed by atoms with Gasteiger partial charge < -0.3 is 0 Å². The molecule has 0 unspecified atom stereocenters. The Morgan fingerprint density at radius 3 is 2.94 bits per heavy atom. The van der Waals surface area contributed by atoms with Gasteiger partial charge in [-0.25, -0.2) is 4.99 Å². The number of carbonyl (C=O) groups excluding carboxylic acids is 1. The lowest BCUT2D eigenvalue weighted by Gasteiger charge is -1.97. The smallest absolute Gasteiger partial charge is 0.244 e. The van der Waals surface area contributed by atoms with Crippen LogP contribution in [0.1, 0.15) is 18.9 Å². The second-order valence-corrected chi connectivity index (χ2v) is 6.82. The lowest BCUT2D eigenvalue weighted by atomic mass is 10.2. The predicted molar refractivity (Wildman–Crippen MR) is 84.9 cm³/mol. The standard InChI is InChI=1S/C13H12BrNOS2/c1-2-7-17-13-15-11(12(16)18-13)8-9-5-3-4-6-10(9)14/h3-6,8H,2,7H2,1H3/b11-8-. The van der Waals surface area contributed by atoms with Gasteiger partial charge in [-0.2, -0.15) is 0 Å². The zero-order valence-corrected chi connectivity index (χ0v) is 13.1. The second kappa shape index (κ2) is 6.59. The molecular weight excluding hydrogens is 330 g/mol. The van der Waals surface area contributed by atoms with Gasteiger partial charge in [0.2, 0.25) is 5.12 Å². The SMILES string of the molecule is CCCSC1=N/C(=C\c2ccccc2Br)C(=O)S1. The number of aliphatic imine (C=N–C) groups is 1. The van der Waals surface area contributed by atoms with E-state index in [4.69, 9.17) is 0 Å². The predicted octanol–water partition coefficient (Wildman–Crippen LogP) is 4.56. The van der Waals surface area contributed by atoms with Crippen molar-refractivity contribution < 1.29 is 4.79 Å². The summed E-state index contributed by atoms with van der Waals surface area (Å²) in [5.74, 6) is 1.00. The van der Waals surface area contributed by atoms with E-state index in [0.717, 1.165) is 26.6 Å². The van der Waals surface area contributed by atoms with E-state index >= 15 is 0 Å². The van der Waals surface area contributed by atoms with Crippen LogP contribution in [0, 0.1) is 0 Å². The number of nitrogens with zero attached hydrogens (tertiary/aromatic N) is 1. The summed E-state index contributed by atoms with van der Waals surface area (Å²) >= 11 is 6.34. The summed E-state index contributed by atoms with van der Waals surface area (Å²) in [5.41, 5.74) is 1.51. The minimum absolute atomic E-state index is 0.0318. The molecule has 5 heteroatoms. The van der Waals surface area contributed by atoms with Gasteiger partial charge in [0, 0.05) is 4.47 Å². The Labute approximate surface area is 123 Å². The Kier molecular flexibility index (Phi) is 5.09. The minimum Gasteiger partial charge on any atom is -0.279 e. The summed E-state index contributed by atoms with van der Waals surface area (Å²) in [6, 6.07) is 7.81. The first kappa shape index (κ1) is 13.9. The maximum atomic E-state index is 11.8. The number of hydrogen-bond acceptors (Lipinski definition) is 4. The van der Waals surface area contributed by atoms with Crippen molar-refractivity contribution >= 4 is 55.0 Å². The minimum atomic E-state index is 0.0318. The molecule has 0 aromatic heterocycles. The third-order valence-corrected chi connectivity index (χ3v) is 5.16. The normalized spacial score (nSPS) is 17.3. The average molecular weight is 342 g/mol. The first-order valence-electron chi connectivity index (χ1n) is 5.60. The maximum Gasteiger partial charge on any atom is 0.244 e. The van der Waals surface area contributed by atoms with Gasteiger partial charge >= 0.3 is 0 Å². The number of rotatable bonds is 3. The van der Waals surface area contributed by atoms with Crippen LogP contribution in [0.25, 0.3) is 6.08 Å². The van der Waals surface area contributed by atoms with E-state index in [9.17, 15) is 4.79 Å². The van der Waals surface area contributed by atoms with Crippen LogP contribution in [0.15, 0.2) is 39.4 Å². The lowest BCUT2D eigenvalue weighted by molar-refractivity contribution is -0.107. The number of hydrogen-bond donors (Lipinski definition) is 0. The van der Waals surface area contributed by atoms with Crippen LogP contribution in [0.5, 0.6) is 0 Å². The van der Waals surface area contributed by atoms with Gasteiger partial charge in [0.25, 0.3) is 0 Å². The van der Waals surface area contributed by atoms with E-state index in [2.05, 4.69) is 27.8 Å². The van der Waals surface area contributed by atoms with Gasteiger partial charge in [-0.3, -0.25) is 4.79 Å². The van der Waals surface area contributed by atoms with Crippen LogP contribution in [-0.2, 0) is 4.79 Å². The highest BCUT2D eigenvalue weighted by molar-refractivity contribution is 9.10. The Morgan fingerprint density at radius 1 is 1.44 bits per heavy atom. The summed E-state index contributed by atoms with van der Waals surface area (Å²) in [7, 11) is 0. The second-order valence-electron chi connectivity index (χ2n) is 3.67. The van der Waals surface area contributed by atoms with Crippen molar-refractivity contribution in [2.75, 3.05) is 5.75 Å². The fourth-order valence-corrected chi connectivity index (χ4v) is 3.55. The summed E-state index contributed by atoms with van der Waals surface area (Å²) in [6.07, 6.45) is 2.92. The third kappa shape index (κ3) is 3.49. The Bertz CT molecular complexity index is 525. The zero-order chi connectivity index (χ0) is 13.0. The van der Waals surface area contributed by atoms with Crippen LogP contribution < -0.4 is 0 Å². The van der Waals surface area contributed by atoms with Gasteiger partial charge in [-0.1, -0.05) is 52.8 Å². The molecule has 0 radical (unpaired) electrons. The summed E-state index contributed by atoms with van der Waals surface area (Å²) in [4.78, 5) is 16.2. The Hall–Kier alpha value is -0.520.